The fraction of sp³-hybridized carbons (Fsp3) is 0.354. The molecule has 5 aromatic carbocycles. The van der Waals surface area contributed by atoms with Gasteiger partial charge in [-0.15, -0.1) is 82.3 Å². The number of nitrogens with two attached hydrogens (primary N) is 1. The fourth-order valence-electron chi connectivity index (χ4n) is 10.2. The summed E-state index contributed by atoms with van der Waals surface area (Å²) < 4.78 is 61.7. The van der Waals surface area contributed by atoms with Gasteiger partial charge in [0, 0.05) is 73.9 Å². The SMILES string of the molecule is CC(=O)Nc1ccn(C2CSC(CO)O2)c(=O)n1.CC(=O)Nc1ccn(C2CSC(COC(=O)c3ccccc3)O2)c(=O)n1.CC(=O)OC1CSC(COC(=O)c2ccccc2)O1.Nc1ccn(C2CSC(COC(=O)c3ccccc3)O2)c(=O)n1.O=C(OCC1OC(O)CS1)c1ccccc1.O=CCOC(=O)c1ccccc1.OC1CSC(O)CS1.[I][V][I]. The average Bonchev–Trinajstić information content (AvgIpc) is 1.73. The van der Waals surface area contributed by atoms with E-state index in [0.717, 1.165) is 0 Å². The van der Waals surface area contributed by atoms with Crippen LogP contribution < -0.4 is 33.4 Å². The van der Waals surface area contributed by atoms with Crippen LogP contribution in [-0.2, 0) is 80.7 Å². The van der Waals surface area contributed by atoms with E-state index >= 15 is 0 Å². The summed E-state index contributed by atoms with van der Waals surface area (Å²) in [5.41, 5.74) is 4.35. The van der Waals surface area contributed by atoms with Gasteiger partial charge in [-0.1, -0.05) is 91.0 Å². The second-order valence-corrected chi connectivity index (χ2v) is 45.2. The summed E-state index contributed by atoms with van der Waals surface area (Å²) in [5, 5.41) is 40.6. The normalized spacial score (nSPS) is 21.0. The van der Waals surface area contributed by atoms with E-state index < -0.39 is 66.2 Å². The van der Waals surface area contributed by atoms with Gasteiger partial charge in [0.15, 0.2) is 12.6 Å². The first-order valence-electron chi connectivity index (χ1n) is 37.2. The number of thioether (sulfide) groups is 7. The van der Waals surface area contributed by atoms with Crippen LogP contribution in [0, 0.1) is 0 Å². The van der Waals surface area contributed by atoms with Gasteiger partial charge in [0.2, 0.25) is 18.1 Å². The van der Waals surface area contributed by atoms with Crippen LogP contribution in [0.1, 0.15) is 91.2 Å². The van der Waals surface area contributed by atoms with E-state index in [9.17, 15) is 57.5 Å². The van der Waals surface area contributed by atoms with Crippen LogP contribution in [0.15, 0.2) is 203 Å². The molecule has 12 unspecified atom stereocenters. The number of hydrogen-bond donors (Lipinski definition) is 7. The molecule has 0 bridgehead atoms. The maximum absolute atomic E-state index is 12.1. The van der Waals surface area contributed by atoms with Crippen molar-refractivity contribution in [2.45, 2.75) is 90.1 Å². The summed E-state index contributed by atoms with van der Waals surface area (Å²) in [6, 6.07) is 48.1. The molecule has 9 heterocycles. The Hall–Kier alpha value is -7.90. The van der Waals surface area contributed by atoms with E-state index in [1.807, 2.05) is 24.3 Å². The summed E-state index contributed by atoms with van der Waals surface area (Å²) in [5.74, 6) is 1.62. The molecular weight excluding hydrogens is 2040 g/mol. The standard InChI is InChI=1S/C17H17N3O5S.C15H15N3O4S.C13H14O5S.C11H12O4S.C10H13N3O4S.C9H8O3.C4H8O2S2.2HI.V/c1-11(21)18-13-7-8-20(17(23)19-13)14-10-26-15(25-14)9-24-16(22)12-5-3-2-4-6-12;16-11-6-7-18(15(20)17-11)12-9-23-13(22-12)8-21-14(19)10-4-2-1-3-5-10;1-9(14)17-11-8-19-12(18-11)7-16-13(15)10-5-3-2-4-6-10;12-9-7-16-10(15-9)6-14-11(13)8-4-2-1-3-5-8;1-6(15)11-7-2-3-13(10(16)12-7)8-5-18-9(4-14)17-8;10-6-7-12-9(11)8-4-2-1-3-5-8;5-3-1-7-4(6)2-8-3;;;/h2-8,14-15H,9-10H2,1H3,(H,18,19,21,23);1-7,12-13H,8-9H2,(H2,16,17,20);2-6,11-12H,7-8H2,1H3;1-5,9-10,12H,6-7H2;2-3,8-9,14H,4-5H2,1H3,(H,11,12,15,16);1-6H,7H2;3-6H,1-2H2;2*1H;/q;;;;;;;;;+2/p-2. The second-order valence-electron chi connectivity index (χ2n) is 25.1. The number of carbonyl (C=O) groups excluding carboxylic acids is 9. The molecule has 36 nitrogen and oxygen atoms in total. The number of halogens is 2. The van der Waals surface area contributed by atoms with Crippen LogP contribution in [0.5, 0.6) is 0 Å². The third-order valence-electron chi connectivity index (χ3n) is 15.7. The molecule has 46 heteroatoms. The van der Waals surface area contributed by atoms with Crippen LogP contribution in [0.2, 0.25) is 0 Å². The molecule has 6 aliphatic heterocycles. The van der Waals surface area contributed by atoms with Gasteiger partial charge in [-0.25, -0.2) is 38.4 Å². The van der Waals surface area contributed by atoms with E-state index in [1.54, 1.807) is 134 Å². The van der Waals surface area contributed by atoms with Crippen molar-refractivity contribution in [2.75, 3.05) is 96.3 Å². The van der Waals surface area contributed by atoms with Crippen molar-refractivity contribution >= 4 is 194 Å². The van der Waals surface area contributed by atoms with Gasteiger partial charge in [-0.05, 0) is 78.9 Å². The first-order valence-corrected chi connectivity index (χ1v) is 53.5. The summed E-state index contributed by atoms with van der Waals surface area (Å²) in [6.45, 7) is 4.23. The molecule has 3 aromatic heterocycles. The minimum atomic E-state index is -0.745. The van der Waals surface area contributed by atoms with Gasteiger partial charge in [-0.3, -0.25) is 32.9 Å². The number of nitrogens with zero attached hydrogens (tertiary/aromatic N) is 6. The number of carbonyl (C=O) groups is 9. The Balaban J connectivity index is 0.000000203. The van der Waals surface area contributed by atoms with Gasteiger partial charge < -0.3 is 88.9 Å². The van der Waals surface area contributed by atoms with Crippen molar-refractivity contribution in [1.29, 1.82) is 0 Å². The first-order chi connectivity index (χ1) is 60.2. The average molecular weight is 2120 g/mol. The third kappa shape index (κ3) is 39.3. The molecule has 0 spiro atoms. The Labute approximate surface area is 774 Å². The van der Waals surface area contributed by atoms with Crippen molar-refractivity contribution in [1.82, 2.24) is 28.7 Å². The zero-order valence-corrected chi connectivity index (χ0v) is 78.0. The number of nitrogen functional groups attached to an aromatic ring is 1. The predicted octanol–water partition coefficient (Wildman–Crippen LogP) is 8.69. The number of hydrogen-bond acceptors (Lipinski definition) is 38. The number of aldehydes is 1. The molecule has 6 saturated heterocycles. The van der Waals surface area contributed by atoms with Crippen molar-refractivity contribution in [3.63, 3.8) is 0 Å². The quantitative estimate of drug-likeness (QED) is 0.0144. The molecule has 6 aliphatic rings. The van der Waals surface area contributed by atoms with E-state index in [0.29, 0.717) is 83.8 Å². The zero-order valence-electron chi connectivity index (χ0n) is 66.6. The molecule has 6 fully saturated rings. The number of ether oxygens (including phenoxy) is 11. The zero-order chi connectivity index (χ0) is 90.4. The van der Waals surface area contributed by atoms with Crippen molar-refractivity contribution in [3.8, 4) is 0 Å². The molecule has 125 heavy (non-hydrogen) atoms. The van der Waals surface area contributed by atoms with Crippen molar-refractivity contribution < 1.29 is 125 Å². The van der Waals surface area contributed by atoms with Gasteiger partial charge in [0.05, 0.1) is 40.2 Å². The molecule has 8 N–H and O–H groups in total. The maximum atomic E-state index is 12.1. The Kier molecular flexibility index (Phi) is 48.2. The van der Waals surface area contributed by atoms with Gasteiger partial charge in [0.1, 0.15) is 107 Å². The molecule has 14 rings (SSSR count). The van der Waals surface area contributed by atoms with Gasteiger partial charge >= 0.3 is 102 Å². The molecule has 8 aromatic rings. The number of aliphatic hydroxyl groups excluding tert-OH is 4. The van der Waals surface area contributed by atoms with Gasteiger partial charge in [-0.2, -0.15) is 15.0 Å². The van der Waals surface area contributed by atoms with Crippen molar-refractivity contribution in [3.05, 3.63) is 248 Å². The van der Waals surface area contributed by atoms with Crippen LogP contribution in [0.4, 0.5) is 17.5 Å². The fourth-order valence-corrected chi connectivity index (χ4v) is 16.8. The van der Waals surface area contributed by atoms with Crippen LogP contribution in [-0.4, -0.2) is 234 Å². The topological polar surface area (TPSA) is 491 Å². The van der Waals surface area contributed by atoms with E-state index in [1.165, 1.54) is 147 Å². The summed E-state index contributed by atoms with van der Waals surface area (Å²) >= 11 is 14.8. The predicted molar refractivity (Wildman–Crippen MR) is 486 cm³/mol. The summed E-state index contributed by atoms with van der Waals surface area (Å²) in [4.78, 5) is 147. The Bertz CT molecular complexity index is 4880. The minimum absolute atomic E-state index is 0.0844. The molecule has 2 amide bonds. The Morgan fingerprint density at radius 1 is 0.440 bits per heavy atom. The van der Waals surface area contributed by atoms with Crippen molar-refractivity contribution in [2.24, 2.45) is 0 Å². The third-order valence-corrected chi connectivity index (χ3v) is 23.8. The van der Waals surface area contributed by atoms with Gasteiger partial charge in [0.25, 0.3) is 0 Å². The molecule has 0 aliphatic carbocycles. The molecule has 0 radical (unpaired) electrons. The van der Waals surface area contributed by atoms with Crippen LogP contribution in [0.25, 0.3) is 0 Å². The monoisotopic (exact) mass is 2120 g/mol. The number of amides is 2. The molecular formula is C79H87I2N9O27S7V. The number of esters is 6. The van der Waals surface area contributed by atoms with E-state index in [-0.39, 0.29) is 125 Å². The molecule has 671 valence electrons. The first kappa shape index (κ1) is 104. The number of anilines is 3. The van der Waals surface area contributed by atoms with E-state index in [2.05, 4.69) is 70.3 Å². The summed E-state index contributed by atoms with van der Waals surface area (Å²) in [6.07, 6.45) is 2.45. The number of benzene rings is 5. The number of aliphatic hydroxyl groups is 4. The molecule has 0 saturated carbocycles. The second kappa shape index (κ2) is 57.8. The summed E-state index contributed by atoms with van der Waals surface area (Å²) in [7, 11) is 0.628. The Morgan fingerprint density at radius 3 is 1.06 bits per heavy atom. The number of nitrogens with one attached hydrogen (secondary N) is 2. The number of rotatable bonds is 22. The van der Waals surface area contributed by atoms with Crippen LogP contribution in [0.3, 0.4) is 0 Å². The number of aromatic nitrogens is 6. The van der Waals surface area contributed by atoms with Crippen LogP contribution >= 0.6 is 122 Å². The van der Waals surface area contributed by atoms with E-state index in [4.69, 9.17) is 73.5 Å². The Morgan fingerprint density at radius 2 is 0.752 bits per heavy atom. The molecule has 12 atom stereocenters.